The summed E-state index contributed by atoms with van der Waals surface area (Å²) < 4.78 is 6.37. The molecule has 3 atom stereocenters. The van der Waals surface area contributed by atoms with Crippen LogP contribution in [-0.4, -0.2) is 44.1 Å². The van der Waals surface area contributed by atoms with Crippen LogP contribution in [0.5, 0.6) is 0 Å². The van der Waals surface area contributed by atoms with E-state index in [1.165, 1.54) is 5.56 Å². The summed E-state index contributed by atoms with van der Waals surface area (Å²) >= 11 is 12.5. The van der Waals surface area contributed by atoms with E-state index in [0.717, 1.165) is 25.2 Å². The van der Waals surface area contributed by atoms with E-state index in [4.69, 9.17) is 27.6 Å². The fraction of sp³-hybridized carbons (Fsp3) is 0.520. The number of benzene rings is 2. The first-order valence-electron chi connectivity index (χ1n) is 11.0. The quantitative estimate of drug-likeness (QED) is 0.454. The van der Waals surface area contributed by atoms with E-state index < -0.39 is 14.4 Å². The molecule has 1 aliphatic rings. The van der Waals surface area contributed by atoms with Crippen molar-refractivity contribution in [3.05, 3.63) is 69.7 Å². The van der Waals surface area contributed by atoms with Crippen LogP contribution in [0.15, 0.2) is 48.5 Å². The third-order valence-electron chi connectivity index (χ3n) is 6.98. The first-order valence-corrected chi connectivity index (χ1v) is 14.7. The lowest BCUT2D eigenvalue weighted by Gasteiger charge is -2.37. The van der Waals surface area contributed by atoms with Crippen LogP contribution in [0.4, 0.5) is 0 Å². The van der Waals surface area contributed by atoms with Crippen LogP contribution in [0.25, 0.3) is 0 Å². The highest BCUT2D eigenvalue weighted by Crippen LogP contribution is 2.40. The highest BCUT2D eigenvalue weighted by Gasteiger charge is 2.41. The molecular formula is C25H35Cl2NO2Si. The van der Waals surface area contributed by atoms with Crippen LogP contribution in [0.1, 0.15) is 37.8 Å². The molecule has 1 heterocycles. The fourth-order valence-corrected chi connectivity index (χ4v) is 5.33. The van der Waals surface area contributed by atoms with Crippen molar-refractivity contribution in [1.82, 2.24) is 4.90 Å². The van der Waals surface area contributed by atoms with Gasteiger partial charge in [-0.05, 0) is 41.4 Å². The van der Waals surface area contributed by atoms with Crippen molar-refractivity contribution in [2.75, 3.05) is 19.7 Å². The van der Waals surface area contributed by atoms with E-state index in [9.17, 15) is 5.11 Å². The summed E-state index contributed by atoms with van der Waals surface area (Å²) in [5, 5.41) is 12.5. The van der Waals surface area contributed by atoms with Gasteiger partial charge in [-0.1, -0.05) is 80.4 Å². The molecule has 0 radical (unpaired) electrons. The Balaban J connectivity index is 1.78. The molecule has 0 aromatic heterocycles. The minimum absolute atomic E-state index is 0.0747. The summed E-state index contributed by atoms with van der Waals surface area (Å²) in [6.45, 7) is 14.1. The molecule has 0 aliphatic carbocycles. The molecule has 2 aromatic carbocycles. The monoisotopic (exact) mass is 479 g/mol. The van der Waals surface area contributed by atoms with Gasteiger partial charge >= 0.3 is 0 Å². The minimum Gasteiger partial charge on any atom is -0.414 e. The van der Waals surface area contributed by atoms with Gasteiger partial charge in [0.05, 0.1) is 22.8 Å². The van der Waals surface area contributed by atoms with Crippen molar-refractivity contribution >= 4 is 31.5 Å². The Morgan fingerprint density at radius 2 is 1.74 bits per heavy atom. The molecule has 31 heavy (non-hydrogen) atoms. The van der Waals surface area contributed by atoms with E-state index in [2.05, 4.69) is 63.0 Å². The topological polar surface area (TPSA) is 32.7 Å². The lowest BCUT2D eigenvalue weighted by Crippen LogP contribution is -2.44. The van der Waals surface area contributed by atoms with Crippen LogP contribution >= 0.6 is 23.2 Å². The Morgan fingerprint density at radius 3 is 2.35 bits per heavy atom. The maximum atomic E-state index is 11.2. The lowest BCUT2D eigenvalue weighted by atomic mass is 9.85. The molecule has 0 bridgehead atoms. The van der Waals surface area contributed by atoms with Crippen LogP contribution in [0.3, 0.4) is 0 Å². The minimum atomic E-state index is -1.93. The van der Waals surface area contributed by atoms with Crippen molar-refractivity contribution in [3.63, 3.8) is 0 Å². The number of hydrogen-bond donors (Lipinski definition) is 1. The number of halogens is 2. The predicted octanol–water partition coefficient (Wildman–Crippen LogP) is 6.59. The molecule has 0 saturated carbocycles. The molecule has 1 aliphatic heterocycles. The van der Waals surface area contributed by atoms with E-state index >= 15 is 0 Å². The highest BCUT2D eigenvalue weighted by molar-refractivity contribution is 6.74. The van der Waals surface area contributed by atoms with Crippen molar-refractivity contribution in [2.24, 2.45) is 5.92 Å². The van der Waals surface area contributed by atoms with Crippen molar-refractivity contribution < 1.29 is 9.53 Å². The van der Waals surface area contributed by atoms with E-state index in [0.29, 0.717) is 16.7 Å². The second kappa shape index (κ2) is 9.94. The zero-order chi connectivity index (χ0) is 22.8. The smallest absolute Gasteiger partial charge is 0.192 e. The van der Waals surface area contributed by atoms with Gasteiger partial charge < -0.3 is 9.53 Å². The average Bonchev–Trinajstić information content (AvgIpc) is 3.12. The molecule has 0 spiro atoms. The van der Waals surface area contributed by atoms with Gasteiger partial charge in [0, 0.05) is 31.5 Å². The van der Waals surface area contributed by atoms with Crippen LogP contribution in [0, 0.1) is 5.92 Å². The number of aliphatic hydroxyl groups excluding tert-OH is 1. The van der Waals surface area contributed by atoms with Gasteiger partial charge in [0.15, 0.2) is 8.32 Å². The third-order valence-corrected chi connectivity index (χ3v) is 12.2. The lowest BCUT2D eigenvalue weighted by molar-refractivity contribution is 0.0489. The van der Waals surface area contributed by atoms with Gasteiger partial charge in [-0.3, -0.25) is 4.90 Å². The first kappa shape index (κ1) is 24.8. The van der Waals surface area contributed by atoms with Crippen LogP contribution < -0.4 is 0 Å². The van der Waals surface area contributed by atoms with Crippen LogP contribution in [-0.2, 0) is 11.0 Å². The molecule has 170 valence electrons. The Kier molecular flexibility index (Phi) is 7.94. The van der Waals surface area contributed by atoms with Gasteiger partial charge in [-0.25, -0.2) is 0 Å². The second-order valence-electron chi connectivity index (χ2n) is 10.3. The van der Waals surface area contributed by atoms with Crippen molar-refractivity contribution in [2.45, 2.75) is 57.5 Å². The van der Waals surface area contributed by atoms with Gasteiger partial charge in [-0.2, -0.15) is 0 Å². The number of aliphatic hydroxyl groups is 1. The summed E-state index contributed by atoms with van der Waals surface area (Å²) in [4.78, 5) is 2.42. The van der Waals surface area contributed by atoms with Crippen molar-refractivity contribution in [3.8, 4) is 0 Å². The maximum absolute atomic E-state index is 11.2. The largest absolute Gasteiger partial charge is 0.414 e. The van der Waals surface area contributed by atoms with Gasteiger partial charge in [-0.15, -0.1) is 0 Å². The predicted molar refractivity (Wildman–Crippen MR) is 134 cm³/mol. The molecule has 3 rings (SSSR count). The third kappa shape index (κ3) is 6.13. The zero-order valence-corrected chi connectivity index (χ0v) is 21.7. The number of likely N-dealkylation sites (tertiary alicyclic amines) is 1. The van der Waals surface area contributed by atoms with Crippen molar-refractivity contribution in [1.29, 1.82) is 0 Å². The Labute approximate surface area is 198 Å². The molecule has 1 N–H and O–H groups in total. The van der Waals surface area contributed by atoms with Crippen LogP contribution in [0.2, 0.25) is 28.2 Å². The number of hydrogen-bond acceptors (Lipinski definition) is 3. The van der Waals surface area contributed by atoms with E-state index in [1.54, 1.807) is 0 Å². The van der Waals surface area contributed by atoms with Gasteiger partial charge in [0.25, 0.3) is 0 Å². The summed E-state index contributed by atoms with van der Waals surface area (Å²) in [6, 6.07) is 16.3. The SMILES string of the molecule is CC(C)(C)[Si](C)(C)OCC(O)C1CN(Cc2ccccc2)CC1c1ccc(Cl)c(Cl)c1. The summed E-state index contributed by atoms with van der Waals surface area (Å²) in [7, 11) is -1.93. The Hall–Kier alpha value is -0.883. The molecule has 2 aromatic rings. The second-order valence-corrected chi connectivity index (χ2v) is 15.9. The number of nitrogens with zero attached hydrogens (tertiary/aromatic N) is 1. The fourth-order valence-electron chi connectivity index (χ4n) is 4.00. The molecule has 1 saturated heterocycles. The summed E-state index contributed by atoms with van der Waals surface area (Å²) in [5.74, 6) is 0.252. The molecule has 0 amide bonds. The number of rotatable bonds is 7. The van der Waals surface area contributed by atoms with E-state index in [1.807, 2.05) is 24.3 Å². The normalized spacial score (nSPS) is 21.4. The first-order chi connectivity index (χ1) is 14.5. The Morgan fingerprint density at radius 1 is 1.06 bits per heavy atom. The molecule has 1 fully saturated rings. The highest BCUT2D eigenvalue weighted by atomic mass is 35.5. The van der Waals surface area contributed by atoms with E-state index in [-0.39, 0.29) is 16.9 Å². The zero-order valence-electron chi connectivity index (χ0n) is 19.2. The molecule has 3 unspecified atom stereocenters. The summed E-state index contributed by atoms with van der Waals surface area (Å²) in [6.07, 6.45) is -0.533. The molecular weight excluding hydrogens is 445 g/mol. The molecule has 3 nitrogen and oxygen atoms in total. The standard InChI is InChI=1S/C25H35Cl2NO2Si/c1-25(2,3)31(4,5)30-17-24(29)21-16-28(14-18-9-7-6-8-10-18)15-20(21)19-11-12-22(26)23(27)13-19/h6-13,20-21,24,29H,14-17H2,1-5H3. The molecule has 6 heteroatoms. The Bertz CT molecular complexity index is 870. The average molecular weight is 481 g/mol. The maximum Gasteiger partial charge on any atom is 0.192 e. The van der Waals surface area contributed by atoms with Gasteiger partial charge in [0.1, 0.15) is 0 Å². The van der Waals surface area contributed by atoms with Gasteiger partial charge in [0.2, 0.25) is 0 Å². The summed E-state index contributed by atoms with van der Waals surface area (Å²) in [5.41, 5.74) is 2.41.